The summed E-state index contributed by atoms with van der Waals surface area (Å²) in [5.41, 5.74) is 2.52. The summed E-state index contributed by atoms with van der Waals surface area (Å²) in [7, 11) is 0. The van der Waals surface area contributed by atoms with Gasteiger partial charge in [-0.05, 0) is 36.2 Å². The van der Waals surface area contributed by atoms with Crippen LogP contribution in [0.4, 0.5) is 0 Å². The second-order valence-corrected chi connectivity index (χ2v) is 6.66. The Balaban J connectivity index is 0.000000170. The predicted molar refractivity (Wildman–Crippen MR) is 125 cm³/mol. The summed E-state index contributed by atoms with van der Waals surface area (Å²) in [5, 5.41) is 29.1. The molecule has 2 heterocycles. The van der Waals surface area contributed by atoms with Crippen molar-refractivity contribution in [3.63, 3.8) is 0 Å². The van der Waals surface area contributed by atoms with Gasteiger partial charge in [-0.1, -0.05) is 66.7 Å². The Labute approximate surface area is 201 Å². The Morgan fingerprint density at radius 2 is 1.06 bits per heavy atom. The molecule has 0 unspecified atom stereocenters. The molecule has 7 heteroatoms. The van der Waals surface area contributed by atoms with Crippen molar-refractivity contribution >= 4 is 21.8 Å². The quantitative estimate of drug-likeness (QED) is 0.330. The van der Waals surface area contributed by atoms with E-state index in [9.17, 15) is 10.2 Å². The third-order valence-corrected chi connectivity index (χ3v) is 4.47. The Morgan fingerprint density at radius 3 is 1.48 bits per heavy atom. The van der Waals surface area contributed by atoms with E-state index in [1.165, 1.54) is 5.56 Å². The van der Waals surface area contributed by atoms with E-state index in [0.717, 1.165) is 34.6 Å². The number of aromatic hydroxyl groups is 2. The number of aromatic nitrogens is 2. The van der Waals surface area contributed by atoms with Gasteiger partial charge in [0, 0.05) is 29.8 Å². The monoisotopic (exact) mass is 479 g/mol. The fourth-order valence-electron chi connectivity index (χ4n) is 2.95. The number of nitrogens with zero attached hydrogens (tertiary/aromatic N) is 2. The van der Waals surface area contributed by atoms with Gasteiger partial charge in [0.25, 0.3) is 0 Å². The normalized spacial score (nSPS) is 9.45. The summed E-state index contributed by atoms with van der Waals surface area (Å²) in [6, 6.07) is 28.2. The molecule has 0 aliphatic rings. The van der Waals surface area contributed by atoms with Crippen LogP contribution in [0.2, 0.25) is 0 Å². The molecular weight excluding hydrogens is 455 g/mol. The van der Waals surface area contributed by atoms with Gasteiger partial charge in [-0.15, -0.1) is 0 Å². The van der Waals surface area contributed by atoms with E-state index in [4.69, 9.17) is 8.78 Å². The Hall–Kier alpha value is -3.58. The van der Waals surface area contributed by atoms with Gasteiger partial charge >= 0.3 is 21.0 Å². The van der Waals surface area contributed by atoms with Crippen LogP contribution in [0.5, 0.6) is 11.5 Å². The average Bonchev–Trinajstić information content (AvgIpc) is 2.88. The third kappa shape index (κ3) is 8.12. The fraction of sp³-hybridized carbons (Fsp3) is 0.0769. The van der Waals surface area contributed by atoms with E-state index in [1.54, 1.807) is 36.7 Å². The first-order valence-electron chi connectivity index (χ1n) is 10.1. The molecule has 3 aromatic carbocycles. The maximum atomic E-state index is 9.31. The van der Waals surface area contributed by atoms with Gasteiger partial charge in [-0.25, -0.2) is 0 Å². The Kier molecular flexibility index (Phi) is 11.3. The molecular formula is C26H24N2O4V. The molecule has 5 aromatic rings. The second kappa shape index (κ2) is 14.5. The molecule has 33 heavy (non-hydrogen) atoms. The number of fused-ring (bicyclic) bond motifs is 2. The number of benzene rings is 3. The second-order valence-electron chi connectivity index (χ2n) is 6.66. The number of hydrogen-bond donors (Lipinski definition) is 3. The van der Waals surface area contributed by atoms with Crippen LogP contribution in [0.1, 0.15) is 5.56 Å². The van der Waals surface area contributed by atoms with E-state index in [1.807, 2.05) is 66.7 Å². The number of hydrogen-bond acceptors (Lipinski definition) is 6. The third-order valence-electron chi connectivity index (χ3n) is 4.47. The SMILES string of the molecule is OCCc1ccccc1.Oc1cccc2cccnc12.Oc1cccc2cccnc12.[O]=[V]. The topological polar surface area (TPSA) is 104 Å². The molecule has 0 atom stereocenters. The van der Waals surface area contributed by atoms with Crippen LogP contribution in [-0.2, 0) is 27.5 Å². The van der Waals surface area contributed by atoms with Gasteiger partial charge in [0.05, 0.1) is 0 Å². The molecule has 3 N–H and O–H groups in total. The number of rotatable bonds is 2. The summed E-state index contributed by atoms with van der Waals surface area (Å²) < 4.78 is 8.19. The predicted octanol–water partition coefficient (Wildman–Crippen LogP) is 4.98. The van der Waals surface area contributed by atoms with Gasteiger partial charge in [0.1, 0.15) is 22.5 Å². The molecule has 6 nitrogen and oxygen atoms in total. The van der Waals surface area contributed by atoms with Crippen LogP contribution in [0.25, 0.3) is 21.8 Å². The molecule has 0 spiro atoms. The maximum absolute atomic E-state index is 9.31. The van der Waals surface area contributed by atoms with Crippen molar-refractivity contribution in [3.05, 3.63) is 109 Å². The van der Waals surface area contributed by atoms with E-state index in [2.05, 4.69) is 9.97 Å². The van der Waals surface area contributed by atoms with Gasteiger partial charge in [0.2, 0.25) is 0 Å². The number of para-hydroxylation sites is 2. The van der Waals surface area contributed by atoms with Crippen LogP contribution >= 0.6 is 0 Å². The van der Waals surface area contributed by atoms with Crippen molar-refractivity contribution < 1.29 is 36.4 Å². The first-order valence-corrected chi connectivity index (χ1v) is 10.6. The molecule has 0 aliphatic heterocycles. The molecule has 0 amide bonds. The Bertz CT molecular complexity index is 1160. The zero-order valence-electron chi connectivity index (χ0n) is 17.8. The molecule has 0 saturated heterocycles. The molecule has 0 radical (unpaired) electrons. The zero-order chi connectivity index (χ0) is 23.9. The number of phenols is 2. The minimum absolute atomic E-state index is 0.239. The first-order chi connectivity index (χ1) is 16.2. The van der Waals surface area contributed by atoms with Crippen molar-refractivity contribution in [1.82, 2.24) is 9.97 Å². The van der Waals surface area contributed by atoms with Crippen LogP contribution in [0.3, 0.4) is 0 Å². The summed E-state index contributed by atoms with van der Waals surface area (Å²) in [5.74, 6) is 0.478. The summed E-state index contributed by atoms with van der Waals surface area (Å²) in [6.07, 6.45) is 4.10. The number of aliphatic hydroxyl groups excluding tert-OH is 1. The zero-order valence-corrected chi connectivity index (χ0v) is 19.2. The van der Waals surface area contributed by atoms with Crippen LogP contribution in [-0.4, -0.2) is 31.9 Å². The van der Waals surface area contributed by atoms with Crippen molar-refractivity contribution in [2.45, 2.75) is 6.42 Å². The molecule has 0 fully saturated rings. The standard InChI is InChI=1S/2C9H7NO.C8H10O.O.V/c2*11-8-5-1-3-7-4-2-6-10-9(7)8;9-7-6-8-4-2-1-3-5-8;;/h2*1-6,11H;1-5,9H,6-7H2;;. The summed E-state index contributed by atoms with van der Waals surface area (Å²) in [6.45, 7) is 0.240. The molecule has 0 bridgehead atoms. The van der Waals surface area contributed by atoms with Crippen molar-refractivity contribution in [2.75, 3.05) is 6.61 Å². The van der Waals surface area contributed by atoms with E-state index in [0.29, 0.717) is 11.0 Å². The number of aliphatic hydroxyl groups is 1. The molecule has 5 rings (SSSR count). The van der Waals surface area contributed by atoms with Crippen molar-refractivity contribution in [2.24, 2.45) is 0 Å². The summed E-state index contributed by atoms with van der Waals surface area (Å²) >= 11 is 1.06. The van der Waals surface area contributed by atoms with Gasteiger partial charge < -0.3 is 15.3 Å². The summed E-state index contributed by atoms with van der Waals surface area (Å²) in [4.78, 5) is 8.06. The molecule has 2 aromatic heterocycles. The van der Waals surface area contributed by atoms with E-state index in [-0.39, 0.29) is 18.1 Å². The molecule has 0 saturated carbocycles. The molecule has 167 valence electrons. The van der Waals surface area contributed by atoms with Crippen LogP contribution in [0.15, 0.2) is 103 Å². The van der Waals surface area contributed by atoms with Gasteiger partial charge in [-0.3, -0.25) is 9.97 Å². The van der Waals surface area contributed by atoms with Crippen LogP contribution in [0, 0.1) is 0 Å². The number of phenolic OH excluding ortho intramolecular Hbond substituents is 2. The fourth-order valence-corrected chi connectivity index (χ4v) is 2.95. The first kappa shape index (κ1) is 25.7. The number of pyridine rings is 2. The Morgan fingerprint density at radius 1 is 0.606 bits per heavy atom. The molecule has 0 aliphatic carbocycles. The average molecular weight is 479 g/mol. The van der Waals surface area contributed by atoms with Crippen LogP contribution < -0.4 is 0 Å². The van der Waals surface area contributed by atoms with Crippen molar-refractivity contribution in [1.29, 1.82) is 0 Å². The van der Waals surface area contributed by atoms with E-state index < -0.39 is 0 Å². The van der Waals surface area contributed by atoms with E-state index >= 15 is 0 Å². The van der Waals surface area contributed by atoms with Crippen molar-refractivity contribution in [3.8, 4) is 11.5 Å². The minimum atomic E-state index is 0.239. The van der Waals surface area contributed by atoms with Gasteiger partial charge in [-0.2, -0.15) is 0 Å². The van der Waals surface area contributed by atoms with Gasteiger partial charge in [0.15, 0.2) is 0 Å².